The molecule has 1 aliphatic rings. The number of aryl methyl sites for hydroxylation is 2. The van der Waals surface area contributed by atoms with Gasteiger partial charge in [-0.1, -0.05) is 20.8 Å². The summed E-state index contributed by atoms with van der Waals surface area (Å²) in [5.41, 5.74) is 6.87. The molecule has 0 unspecified atom stereocenters. The monoisotopic (exact) mass is 324 g/mol. The Bertz CT molecular complexity index is 875. The van der Waals surface area contributed by atoms with Crippen LogP contribution < -0.4 is 4.90 Å². The first kappa shape index (κ1) is 15.2. The second-order valence-electron chi connectivity index (χ2n) is 6.90. The smallest absolute Gasteiger partial charge is 0.157 e. The summed E-state index contributed by atoms with van der Waals surface area (Å²) in [5, 5.41) is 12.3. The fourth-order valence-electron chi connectivity index (χ4n) is 3.46. The highest BCUT2D eigenvalue weighted by atomic mass is 15.4. The minimum atomic E-state index is 0.393. The highest BCUT2D eigenvalue weighted by molar-refractivity contribution is 5.54. The van der Waals surface area contributed by atoms with E-state index in [0.717, 1.165) is 48.8 Å². The van der Waals surface area contributed by atoms with Crippen LogP contribution >= 0.6 is 0 Å². The van der Waals surface area contributed by atoms with Crippen LogP contribution in [0.4, 0.5) is 5.82 Å². The van der Waals surface area contributed by atoms with Gasteiger partial charge in [-0.2, -0.15) is 14.7 Å². The predicted molar refractivity (Wildman–Crippen MR) is 94.5 cm³/mol. The van der Waals surface area contributed by atoms with Gasteiger partial charge in [0.25, 0.3) is 0 Å². The molecule has 0 amide bonds. The second-order valence-corrected chi connectivity index (χ2v) is 6.90. The largest absolute Gasteiger partial charge is 0.352 e. The third-order valence-corrected chi connectivity index (χ3v) is 4.82. The molecule has 6 heteroatoms. The van der Waals surface area contributed by atoms with E-state index in [1.54, 1.807) is 0 Å². The molecule has 4 heterocycles. The van der Waals surface area contributed by atoms with Crippen LogP contribution in [0.3, 0.4) is 0 Å². The van der Waals surface area contributed by atoms with E-state index < -0.39 is 0 Å². The lowest BCUT2D eigenvalue weighted by Crippen LogP contribution is -2.32. The maximum absolute atomic E-state index is 4.77. The molecular formula is C18H24N6. The van der Waals surface area contributed by atoms with Crippen molar-refractivity contribution in [1.82, 2.24) is 24.8 Å². The van der Waals surface area contributed by atoms with Crippen molar-refractivity contribution in [2.24, 2.45) is 0 Å². The molecule has 0 atom stereocenters. The molecule has 0 aliphatic carbocycles. The molecule has 3 aromatic rings. The summed E-state index contributed by atoms with van der Waals surface area (Å²) < 4.78 is 1.98. The van der Waals surface area contributed by atoms with E-state index >= 15 is 0 Å². The first-order valence-corrected chi connectivity index (χ1v) is 8.74. The number of fused-ring (bicyclic) bond motifs is 2. The molecule has 24 heavy (non-hydrogen) atoms. The summed E-state index contributed by atoms with van der Waals surface area (Å²) in [6, 6.07) is 4.25. The summed E-state index contributed by atoms with van der Waals surface area (Å²) in [6.07, 6.45) is 1.95. The molecule has 0 radical (unpaired) electrons. The van der Waals surface area contributed by atoms with Gasteiger partial charge >= 0.3 is 0 Å². The molecule has 0 aromatic carbocycles. The van der Waals surface area contributed by atoms with E-state index in [-0.39, 0.29) is 0 Å². The molecule has 0 saturated heterocycles. The highest BCUT2D eigenvalue weighted by Crippen LogP contribution is 2.28. The van der Waals surface area contributed by atoms with Crippen molar-refractivity contribution in [3.8, 4) is 0 Å². The zero-order valence-electron chi connectivity index (χ0n) is 14.8. The van der Waals surface area contributed by atoms with E-state index in [2.05, 4.69) is 53.1 Å². The Morgan fingerprint density at radius 2 is 2.12 bits per heavy atom. The SMILES string of the molecule is CCc1n[nH]c2c1CN(c1cc(C(C)C)nc3cc(C)nn13)CC2. The quantitative estimate of drug-likeness (QED) is 0.804. The molecule has 1 N–H and O–H groups in total. The molecule has 0 saturated carbocycles. The first-order valence-electron chi connectivity index (χ1n) is 8.74. The Labute approximate surface area is 141 Å². The average molecular weight is 324 g/mol. The van der Waals surface area contributed by atoms with Crippen LogP contribution in [0.15, 0.2) is 12.1 Å². The van der Waals surface area contributed by atoms with Crippen LogP contribution in [0.5, 0.6) is 0 Å². The minimum absolute atomic E-state index is 0.393. The molecule has 1 aliphatic heterocycles. The number of aromatic amines is 1. The van der Waals surface area contributed by atoms with Crippen LogP contribution in [0.25, 0.3) is 5.65 Å². The lowest BCUT2D eigenvalue weighted by atomic mass is 10.0. The maximum Gasteiger partial charge on any atom is 0.157 e. The fraction of sp³-hybridized carbons (Fsp3) is 0.500. The van der Waals surface area contributed by atoms with Crippen molar-refractivity contribution in [2.75, 3.05) is 11.4 Å². The molecule has 0 spiro atoms. The lowest BCUT2D eigenvalue weighted by Gasteiger charge is -2.29. The van der Waals surface area contributed by atoms with E-state index in [0.29, 0.717) is 5.92 Å². The highest BCUT2D eigenvalue weighted by Gasteiger charge is 2.24. The van der Waals surface area contributed by atoms with Gasteiger partial charge in [0.05, 0.1) is 11.4 Å². The normalized spacial score (nSPS) is 14.6. The van der Waals surface area contributed by atoms with Gasteiger partial charge in [0, 0.05) is 48.6 Å². The maximum atomic E-state index is 4.77. The number of H-pyrrole nitrogens is 1. The summed E-state index contributed by atoms with van der Waals surface area (Å²) in [6.45, 7) is 10.4. The van der Waals surface area contributed by atoms with Crippen molar-refractivity contribution in [1.29, 1.82) is 0 Å². The van der Waals surface area contributed by atoms with E-state index in [9.17, 15) is 0 Å². The van der Waals surface area contributed by atoms with Gasteiger partial charge < -0.3 is 4.90 Å². The first-order chi connectivity index (χ1) is 11.6. The Balaban J connectivity index is 1.81. The van der Waals surface area contributed by atoms with Gasteiger partial charge in [-0.15, -0.1) is 0 Å². The number of hydrogen-bond acceptors (Lipinski definition) is 4. The van der Waals surface area contributed by atoms with Gasteiger partial charge in [0.1, 0.15) is 5.82 Å². The number of nitrogens with one attached hydrogen (secondary N) is 1. The van der Waals surface area contributed by atoms with Crippen molar-refractivity contribution >= 4 is 11.5 Å². The topological polar surface area (TPSA) is 62.1 Å². The molecule has 6 nitrogen and oxygen atoms in total. The predicted octanol–water partition coefficient (Wildman–Crippen LogP) is 3.01. The van der Waals surface area contributed by atoms with Crippen LogP contribution in [0.2, 0.25) is 0 Å². The third-order valence-electron chi connectivity index (χ3n) is 4.82. The number of anilines is 1. The summed E-state index contributed by atoms with van der Waals surface area (Å²) in [5.74, 6) is 1.52. The van der Waals surface area contributed by atoms with E-state index in [1.807, 2.05) is 11.4 Å². The van der Waals surface area contributed by atoms with E-state index in [4.69, 9.17) is 4.98 Å². The van der Waals surface area contributed by atoms with Crippen molar-refractivity contribution in [2.45, 2.75) is 53.0 Å². The summed E-state index contributed by atoms with van der Waals surface area (Å²) >= 11 is 0. The zero-order chi connectivity index (χ0) is 16.8. The van der Waals surface area contributed by atoms with Gasteiger partial charge in [-0.05, 0) is 19.3 Å². The number of aromatic nitrogens is 5. The Morgan fingerprint density at radius 1 is 1.29 bits per heavy atom. The van der Waals surface area contributed by atoms with Crippen LogP contribution in [0.1, 0.15) is 55.0 Å². The van der Waals surface area contributed by atoms with Crippen LogP contribution in [-0.4, -0.2) is 31.3 Å². The standard InChI is InChI=1S/C18H24N6/c1-5-14-13-10-23(7-6-15(13)21-20-14)18-9-16(11(2)3)19-17-8-12(4)22-24(17)18/h8-9,11H,5-7,10H2,1-4H3,(H,20,21). The zero-order valence-corrected chi connectivity index (χ0v) is 14.8. The minimum Gasteiger partial charge on any atom is -0.352 e. The molecule has 0 bridgehead atoms. The summed E-state index contributed by atoms with van der Waals surface area (Å²) in [7, 11) is 0. The average Bonchev–Trinajstić information content (AvgIpc) is 3.14. The molecule has 126 valence electrons. The van der Waals surface area contributed by atoms with Crippen molar-refractivity contribution < 1.29 is 0 Å². The molecule has 0 fully saturated rings. The Hall–Kier alpha value is -2.37. The number of hydrogen-bond donors (Lipinski definition) is 1. The van der Waals surface area contributed by atoms with Crippen molar-refractivity contribution in [3.63, 3.8) is 0 Å². The van der Waals surface area contributed by atoms with Gasteiger partial charge in [-0.3, -0.25) is 5.10 Å². The second kappa shape index (κ2) is 5.61. The summed E-state index contributed by atoms with van der Waals surface area (Å²) in [4.78, 5) is 7.18. The van der Waals surface area contributed by atoms with Crippen LogP contribution in [-0.2, 0) is 19.4 Å². The number of nitrogens with zero attached hydrogens (tertiary/aromatic N) is 5. The Kier molecular flexibility index (Phi) is 3.55. The molecular weight excluding hydrogens is 300 g/mol. The third kappa shape index (κ3) is 2.37. The molecule has 4 rings (SSSR count). The lowest BCUT2D eigenvalue weighted by molar-refractivity contribution is 0.686. The van der Waals surface area contributed by atoms with Gasteiger partial charge in [-0.25, -0.2) is 4.98 Å². The van der Waals surface area contributed by atoms with Crippen LogP contribution in [0, 0.1) is 6.92 Å². The van der Waals surface area contributed by atoms with Gasteiger partial charge in [0.2, 0.25) is 0 Å². The van der Waals surface area contributed by atoms with Crippen molar-refractivity contribution in [3.05, 3.63) is 40.5 Å². The van der Waals surface area contributed by atoms with Gasteiger partial charge in [0.15, 0.2) is 5.65 Å². The number of rotatable bonds is 3. The molecule has 3 aromatic heterocycles. The van der Waals surface area contributed by atoms with E-state index in [1.165, 1.54) is 17.0 Å². The Morgan fingerprint density at radius 3 is 2.88 bits per heavy atom. The fourth-order valence-corrected chi connectivity index (χ4v) is 3.46.